The highest BCUT2D eigenvalue weighted by atomic mass is 16.2. The van der Waals surface area contributed by atoms with Crippen molar-refractivity contribution in [1.29, 1.82) is 0 Å². The molecule has 0 atom stereocenters. The molecule has 0 saturated heterocycles. The van der Waals surface area contributed by atoms with E-state index in [1.54, 1.807) is 13.2 Å². The van der Waals surface area contributed by atoms with E-state index in [-0.39, 0.29) is 11.9 Å². The Morgan fingerprint density at radius 1 is 1.32 bits per heavy atom. The van der Waals surface area contributed by atoms with Gasteiger partial charge in [-0.3, -0.25) is 4.79 Å². The highest BCUT2D eigenvalue weighted by Gasteiger charge is 2.19. The van der Waals surface area contributed by atoms with Crippen molar-refractivity contribution in [3.05, 3.63) is 18.1 Å². The Bertz CT molecular complexity index is 389. The van der Waals surface area contributed by atoms with Gasteiger partial charge in [0.25, 0.3) is 5.91 Å². The standard InChI is InChI=1S/C14H24N4O/c1-5-6-7-8-18(11(2)3)14(19)12-9-17-13(15-4)10-16-12/h9-11H,5-8H2,1-4H3,(H,15,17). The van der Waals surface area contributed by atoms with Crippen molar-refractivity contribution < 1.29 is 4.79 Å². The maximum Gasteiger partial charge on any atom is 0.274 e. The Kier molecular flexibility index (Phi) is 6.25. The van der Waals surface area contributed by atoms with E-state index >= 15 is 0 Å². The SMILES string of the molecule is CCCCCN(C(=O)c1cnc(NC)cn1)C(C)C. The Balaban J connectivity index is 2.74. The van der Waals surface area contributed by atoms with E-state index < -0.39 is 0 Å². The number of rotatable bonds is 7. The molecule has 1 amide bonds. The predicted molar refractivity (Wildman–Crippen MR) is 77.3 cm³/mol. The van der Waals surface area contributed by atoms with Crippen LogP contribution < -0.4 is 5.32 Å². The van der Waals surface area contributed by atoms with Gasteiger partial charge < -0.3 is 10.2 Å². The van der Waals surface area contributed by atoms with Gasteiger partial charge in [0.15, 0.2) is 0 Å². The molecule has 0 fully saturated rings. The first-order valence-corrected chi connectivity index (χ1v) is 6.90. The molecule has 1 rings (SSSR count). The summed E-state index contributed by atoms with van der Waals surface area (Å²) in [5.74, 6) is 0.625. The number of anilines is 1. The fraction of sp³-hybridized carbons (Fsp3) is 0.643. The van der Waals surface area contributed by atoms with Crippen molar-refractivity contribution in [1.82, 2.24) is 14.9 Å². The molecule has 1 N–H and O–H groups in total. The molecule has 0 unspecified atom stereocenters. The summed E-state index contributed by atoms with van der Waals surface area (Å²) in [5, 5.41) is 2.89. The highest BCUT2D eigenvalue weighted by Crippen LogP contribution is 2.09. The molecule has 5 heteroatoms. The molecule has 0 aromatic carbocycles. The van der Waals surface area contributed by atoms with Crippen LogP contribution in [0.2, 0.25) is 0 Å². The molecule has 0 bridgehead atoms. The molecule has 1 aromatic rings. The van der Waals surface area contributed by atoms with Gasteiger partial charge in [-0.25, -0.2) is 9.97 Å². The number of nitrogens with zero attached hydrogens (tertiary/aromatic N) is 3. The summed E-state index contributed by atoms with van der Waals surface area (Å²) in [6, 6.07) is 0.176. The van der Waals surface area contributed by atoms with Crippen molar-refractivity contribution in [3.63, 3.8) is 0 Å². The summed E-state index contributed by atoms with van der Waals surface area (Å²) in [7, 11) is 1.77. The van der Waals surface area contributed by atoms with E-state index in [2.05, 4.69) is 22.2 Å². The molecule has 0 aliphatic heterocycles. The van der Waals surface area contributed by atoms with Crippen molar-refractivity contribution >= 4 is 11.7 Å². The number of amides is 1. The average molecular weight is 264 g/mol. The van der Waals surface area contributed by atoms with Crippen LogP contribution >= 0.6 is 0 Å². The van der Waals surface area contributed by atoms with E-state index in [9.17, 15) is 4.79 Å². The van der Waals surface area contributed by atoms with Crippen LogP contribution in [0.4, 0.5) is 5.82 Å². The predicted octanol–water partition coefficient (Wildman–Crippen LogP) is 2.56. The van der Waals surface area contributed by atoms with Crippen LogP contribution in [-0.4, -0.2) is 40.4 Å². The van der Waals surface area contributed by atoms with E-state index in [1.165, 1.54) is 6.20 Å². The zero-order valence-electron chi connectivity index (χ0n) is 12.3. The van der Waals surface area contributed by atoms with Gasteiger partial charge in [0.2, 0.25) is 0 Å². The summed E-state index contributed by atoms with van der Waals surface area (Å²) in [6.45, 7) is 6.99. The van der Waals surface area contributed by atoms with Gasteiger partial charge >= 0.3 is 0 Å². The van der Waals surface area contributed by atoms with E-state index in [4.69, 9.17) is 0 Å². The van der Waals surface area contributed by atoms with Crippen molar-refractivity contribution in [3.8, 4) is 0 Å². The van der Waals surface area contributed by atoms with E-state index in [1.807, 2.05) is 18.7 Å². The second kappa shape index (κ2) is 7.71. The van der Waals surface area contributed by atoms with Crippen molar-refractivity contribution in [2.75, 3.05) is 18.9 Å². The number of unbranched alkanes of at least 4 members (excludes halogenated alkanes) is 2. The molecule has 0 saturated carbocycles. The number of hydrogen-bond acceptors (Lipinski definition) is 4. The smallest absolute Gasteiger partial charge is 0.274 e. The molecular formula is C14H24N4O. The Morgan fingerprint density at radius 2 is 2.05 bits per heavy atom. The number of carbonyl (C=O) groups excluding carboxylic acids is 1. The Hall–Kier alpha value is -1.65. The fourth-order valence-corrected chi connectivity index (χ4v) is 1.84. The summed E-state index contributed by atoms with van der Waals surface area (Å²) in [4.78, 5) is 22.5. The van der Waals surface area contributed by atoms with Crippen molar-refractivity contribution in [2.45, 2.75) is 46.1 Å². The van der Waals surface area contributed by atoms with Crippen LogP contribution in [0.5, 0.6) is 0 Å². The molecule has 1 heterocycles. The summed E-state index contributed by atoms with van der Waals surface area (Å²) < 4.78 is 0. The Labute approximate surface area is 115 Å². The maximum absolute atomic E-state index is 12.4. The van der Waals surface area contributed by atoms with E-state index in [0.717, 1.165) is 25.8 Å². The minimum Gasteiger partial charge on any atom is -0.372 e. The monoisotopic (exact) mass is 264 g/mol. The van der Waals surface area contributed by atoms with Gasteiger partial charge in [-0.2, -0.15) is 0 Å². The zero-order valence-corrected chi connectivity index (χ0v) is 12.3. The first kappa shape index (κ1) is 15.4. The maximum atomic E-state index is 12.4. The lowest BCUT2D eigenvalue weighted by Gasteiger charge is -2.26. The number of hydrogen-bond donors (Lipinski definition) is 1. The minimum atomic E-state index is -0.0405. The van der Waals surface area contributed by atoms with Crippen LogP contribution in [0, 0.1) is 0 Å². The first-order valence-electron chi connectivity index (χ1n) is 6.90. The molecular weight excluding hydrogens is 240 g/mol. The molecule has 1 aromatic heterocycles. The minimum absolute atomic E-state index is 0.0405. The van der Waals surface area contributed by atoms with Gasteiger partial charge in [-0.1, -0.05) is 19.8 Å². The molecule has 0 radical (unpaired) electrons. The third kappa shape index (κ3) is 4.50. The molecule has 0 aliphatic rings. The summed E-state index contributed by atoms with van der Waals surface area (Å²) in [6.07, 6.45) is 6.43. The molecule has 106 valence electrons. The van der Waals surface area contributed by atoms with Crippen molar-refractivity contribution in [2.24, 2.45) is 0 Å². The quantitative estimate of drug-likeness (QED) is 0.769. The summed E-state index contributed by atoms with van der Waals surface area (Å²) >= 11 is 0. The normalized spacial score (nSPS) is 10.6. The lowest BCUT2D eigenvalue weighted by atomic mass is 10.2. The van der Waals surface area contributed by atoms with Gasteiger partial charge in [0.1, 0.15) is 11.5 Å². The van der Waals surface area contributed by atoms with Gasteiger partial charge in [0, 0.05) is 19.6 Å². The highest BCUT2D eigenvalue weighted by molar-refractivity contribution is 5.92. The molecule has 5 nitrogen and oxygen atoms in total. The van der Waals surface area contributed by atoms with Crippen LogP contribution in [0.15, 0.2) is 12.4 Å². The summed E-state index contributed by atoms with van der Waals surface area (Å²) in [5.41, 5.74) is 0.407. The van der Waals surface area contributed by atoms with Gasteiger partial charge in [-0.15, -0.1) is 0 Å². The number of carbonyl (C=O) groups is 1. The van der Waals surface area contributed by atoms with Crippen LogP contribution in [0.1, 0.15) is 50.5 Å². The average Bonchev–Trinajstić information content (AvgIpc) is 2.42. The second-order valence-corrected chi connectivity index (χ2v) is 4.84. The molecule has 0 spiro atoms. The molecule has 0 aliphatic carbocycles. The molecule has 19 heavy (non-hydrogen) atoms. The third-order valence-electron chi connectivity index (χ3n) is 3.01. The van der Waals surface area contributed by atoms with Crippen LogP contribution in [-0.2, 0) is 0 Å². The van der Waals surface area contributed by atoms with Gasteiger partial charge in [0.05, 0.1) is 12.4 Å². The first-order chi connectivity index (χ1) is 9.10. The fourth-order valence-electron chi connectivity index (χ4n) is 1.84. The van der Waals surface area contributed by atoms with Crippen LogP contribution in [0.3, 0.4) is 0 Å². The lowest BCUT2D eigenvalue weighted by Crippen LogP contribution is -2.38. The topological polar surface area (TPSA) is 58.1 Å². The number of nitrogens with one attached hydrogen (secondary N) is 1. The largest absolute Gasteiger partial charge is 0.372 e. The second-order valence-electron chi connectivity index (χ2n) is 4.84. The lowest BCUT2D eigenvalue weighted by molar-refractivity contribution is 0.0696. The third-order valence-corrected chi connectivity index (χ3v) is 3.01. The van der Waals surface area contributed by atoms with Gasteiger partial charge in [-0.05, 0) is 20.3 Å². The zero-order chi connectivity index (χ0) is 14.3. The van der Waals surface area contributed by atoms with E-state index in [0.29, 0.717) is 11.5 Å². The Morgan fingerprint density at radius 3 is 2.53 bits per heavy atom. The van der Waals surface area contributed by atoms with Crippen LogP contribution in [0.25, 0.3) is 0 Å². The number of aromatic nitrogens is 2.